The summed E-state index contributed by atoms with van der Waals surface area (Å²) in [6.07, 6.45) is 4.59. The number of methoxy groups -OCH3 is 2. The molecule has 1 aromatic rings. The zero-order valence-corrected chi connectivity index (χ0v) is 15.6. The van der Waals surface area contributed by atoms with Crippen LogP contribution in [0, 0.1) is 5.41 Å². The highest BCUT2D eigenvalue weighted by molar-refractivity contribution is 5.97. The maximum Gasteiger partial charge on any atom is 0.161 e. The Labute approximate surface area is 149 Å². The van der Waals surface area contributed by atoms with Crippen LogP contribution in [0.5, 0.6) is 11.5 Å². The number of carbonyl (C=O) groups is 1. The summed E-state index contributed by atoms with van der Waals surface area (Å²) in [5.74, 6) is 1.96. The molecule has 2 aliphatic heterocycles. The lowest BCUT2D eigenvalue weighted by atomic mass is 9.71. The van der Waals surface area contributed by atoms with Crippen molar-refractivity contribution in [3.8, 4) is 11.5 Å². The van der Waals surface area contributed by atoms with E-state index in [1.165, 1.54) is 16.8 Å². The largest absolute Gasteiger partial charge is 0.493 e. The van der Waals surface area contributed by atoms with Gasteiger partial charge in [-0.2, -0.15) is 0 Å². The van der Waals surface area contributed by atoms with Crippen molar-refractivity contribution in [1.82, 2.24) is 4.90 Å². The van der Waals surface area contributed by atoms with E-state index in [1.54, 1.807) is 14.2 Å². The fourth-order valence-electron chi connectivity index (χ4n) is 4.83. The zero-order valence-electron chi connectivity index (χ0n) is 15.6. The lowest BCUT2D eigenvalue weighted by Crippen LogP contribution is -2.42. The van der Waals surface area contributed by atoms with Gasteiger partial charge in [-0.05, 0) is 54.4 Å². The summed E-state index contributed by atoms with van der Waals surface area (Å²) in [7, 11) is 3.38. The number of rotatable bonds is 2. The number of fused-ring (bicyclic) bond motifs is 4. The van der Waals surface area contributed by atoms with Gasteiger partial charge in [0.1, 0.15) is 0 Å². The second-order valence-electron chi connectivity index (χ2n) is 8.27. The van der Waals surface area contributed by atoms with E-state index < -0.39 is 0 Å². The molecule has 4 rings (SSSR count). The predicted molar refractivity (Wildman–Crippen MR) is 97.0 cm³/mol. The summed E-state index contributed by atoms with van der Waals surface area (Å²) in [6, 6.07) is 4.63. The number of hydrogen-bond donors (Lipinski definition) is 0. The first-order valence-corrected chi connectivity index (χ1v) is 9.20. The second kappa shape index (κ2) is 5.79. The van der Waals surface area contributed by atoms with Gasteiger partial charge >= 0.3 is 0 Å². The van der Waals surface area contributed by atoms with E-state index in [0.29, 0.717) is 18.2 Å². The molecule has 1 aromatic carbocycles. The monoisotopic (exact) mass is 341 g/mol. The van der Waals surface area contributed by atoms with Gasteiger partial charge in [-0.15, -0.1) is 0 Å². The SMILES string of the molecule is COc1cc2c(cc1OC)[C@@H]1CCC3=C(CC(C)(C)CC3=O)N1CC2. The molecular formula is C21H27NO3. The first-order valence-electron chi connectivity index (χ1n) is 9.20. The van der Waals surface area contributed by atoms with E-state index >= 15 is 0 Å². The Morgan fingerprint density at radius 3 is 2.52 bits per heavy atom. The molecule has 0 saturated heterocycles. The van der Waals surface area contributed by atoms with Crippen molar-refractivity contribution in [2.24, 2.45) is 5.41 Å². The number of hydrogen-bond acceptors (Lipinski definition) is 4. The molecule has 0 amide bonds. The maximum absolute atomic E-state index is 12.6. The number of carbonyl (C=O) groups excluding carboxylic acids is 1. The summed E-state index contributed by atoms with van der Waals surface area (Å²) < 4.78 is 11.0. The molecule has 3 aliphatic rings. The Bertz CT molecular complexity index is 763. The van der Waals surface area contributed by atoms with E-state index in [0.717, 1.165) is 49.3 Å². The molecule has 0 radical (unpaired) electrons. The van der Waals surface area contributed by atoms with Crippen LogP contribution in [0.1, 0.15) is 56.7 Å². The Balaban J connectivity index is 1.76. The van der Waals surface area contributed by atoms with Crippen LogP contribution in [-0.2, 0) is 11.2 Å². The van der Waals surface area contributed by atoms with Crippen LogP contribution < -0.4 is 9.47 Å². The first-order chi connectivity index (χ1) is 11.9. The Morgan fingerprint density at radius 1 is 1.08 bits per heavy atom. The zero-order chi connectivity index (χ0) is 17.8. The number of ketones is 1. The minimum Gasteiger partial charge on any atom is -0.493 e. The average Bonchev–Trinajstić information content (AvgIpc) is 2.58. The van der Waals surface area contributed by atoms with Gasteiger partial charge in [0.25, 0.3) is 0 Å². The van der Waals surface area contributed by atoms with Crippen LogP contribution in [-0.4, -0.2) is 31.4 Å². The van der Waals surface area contributed by atoms with Crippen molar-refractivity contribution >= 4 is 5.78 Å². The smallest absolute Gasteiger partial charge is 0.161 e. The van der Waals surface area contributed by atoms with Gasteiger partial charge < -0.3 is 14.4 Å². The van der Waals surface area contributed by atoms with Crippen molar-refractivity contribution in [3.63, 3.8) is 0 Å². The quantitative estimate of drug-likeness (QED) is 0.814. The van der Waals surface area contributed by atoms with Gasteiger partial charge in [0.2, 0.25) is 0 Å². The van der Waals surface area contributed by atoms with Gasteiger partial charge in [0.15, 0.2) is 17.3 Å². The highest BCUT2D eigenvalue weighted by atomic mass is 16.5. The second-order valence-corrected chi connectivity index (χ2v) is 8.27. The summed E-state index contributed by atoms with van der Waals surface area (Å²) in [5, 5.41) is 0. The molecule has 0 saturated carbocycles. The minimum absolute atomic E-state index is 0.0652. The summed E-state index contributed by atoms with van der Waals surface area (Å²) >= 11 is 0. The van der Waals surface area contributed by atoms with Gasteiger partial charge in [0.05, 0.1) is 20.3 Å². The molecule has 134 valence electrons. The van der Waals surface area contributed by atoms with Crippen molar-refractivity contribution in [1.29, 1.82) is 0 Å². The highest BCUT2D eigenvalue weighted by Crippen LogP contribution is 2.49. The molecule has 0 aromatic heterocycles. The van der Waals surface area contributed by atoms with Crippen LogP contribution in [0.15, 0.2) is 23.4 Å². The van der Waals surface area contributed by atoms with E-state index in [-0.39, 0.29) is 5.41 Å². The number of benzene rings is 1. The van der Waals surface area contributed by atoms with Gasteiger partial charge in [-0.3, -0.25) is 4.79 Å². The Hall–Kier alpha value is -1.97. The first kappa shape index (κ1) is 16.5. The van der Waals surface area contributed by atoms with Crippen molar-refractivity contribution in [2.75, 3.05) is 20.8 Å². The van der Waals surface area contributed by atoms with E-state index in [1.807, 2.05) is 0 Å². The van der Waals surface area contributed by atoms with Crippen LogP contribution in [0.25, 0.3) is 0 Å². The van der Waals surface area contributed by atoms with Crippen LogP contribution in [0.2, 0.25) is 0 Å². The molecule has 25 heavy (non-hydrogen) atoms. The number of allylic oxidation sites excluding steroid dienone is 2. The van der Waals surface area contributed by atoms with E-state index in [9.17, 15) is 4.79 Å². The van der Waals surface area contributed by atoms with Crippen molar-refractivity contribution in [3.05, 3.63) is 34.5 Å². The molecule has 2 heterocycles. The Morgan fingerprint density at radius 2 is 1.80 bits per heavy atom. The molecule has 0 fully saturated rings. The topological polar surface area (TPSA) is 38.8 Å². The number of nitrogens with zero attached hydrogens (tertiary/aromatic N) is 1. The van der Waals surface area contributed by atoms with Crippen molar-refractivity contribution < 1.29 is 14.3 Å². The minimum atomic E-state index is 0.0652. The van der Waals surface area contributed by atoms with Gasteiger partial charge in [-0.25, -0.2) is 0 Å². The maximum atomic E-state index is 12.6. The van der Waals surface area contributed by atoms with Gasteiger partial charge in [-0.1, -0.05) is 13.8 Å². The third-order valence-corrected chi connectivity index (χ3v) is 5.99. The predicted octanol–water partition coefficient (Wildman–Crippen LogP) is 4.04. The lowest BCUT2D eigenvalue weighted by molar-refractivity contribution is -0.119. The van der Waals surface area contributed by atoms with Crippen LogP contribution in [0.4, 0.5) is 0 Å². The number of ether oxygens (including phenoxy) is 2. The lowest BCUT2D eigenvalue weighted by Gasteiger charge is -2.48. The molecule has 4 heteroatoms. The Kier molecular flexibility index (Phi) is 3.82. The van der Waals surface area contributed by atoms with Crippen LogP contribution >= 0.6 is 0 Å². The molecule has 0 bridgehead atoms. The third kappa shape index (κ3) is 2.62. The summed E-state index contributed by atoms with van der Waals surface area (Å²) in [6.45, 7) is 5.41. The van der Waals surface area contributed by atoms with E-state index in [2.05, 4.69) is 30.9 Å². The van der Waals surface area contributed by atoms with Crippen molar-refractivity contribution in [2.45, 2.75) is 52.0 Å². The van der Waals surface area contributed by atoms with Crippen LogP contribution in [0.3, 0.4) is 0 Å². The third-order valence-electron chi connectivity index (χ3n) is 5.99. The molecule has 0 N–H and O–H groups in total. The molecular weight excluding hydrogens is 314 g/mol. The molecule has 4 nitrogen and oxygen atoms in total. The molecule has 1 atom stereocenters. The molecule has 1 aliphatic carbocycles. The fourth-order valence-corrected chi connectivity index (χ4v) is 4.83. The van der Waals surface area contributed by atoms with E-state index in [4.69, 9.17) is 9.47 Å². The molecule has 0 unspecified atom stereocenters. The highest BCUT2D eigenvalue weighted by Gasteiger charge is 2.41. The molecule has 0 spiro atoms. The average molecular weight is 341 g/mol. The number of Topliss-reactive ketones (excluding diaryl/α,β-unsaturated/α-hetero) is 1. The fraction of sp³-hybridized carbons (Fsp3) is 0.571. The van der Waals surface area contributed by atoms with Gasteiger partial charge in [0, 0.05) is 24.2 Å². The summed E-state index contributed by atoms with van der Waals surface area (Å²) in [4.78, 5) is 15.1. The standard InChI is InChI=1S/C21H27NO3/c1-21(2)11-17-14(18(23)12-21)5-6-16-15-10-20(25-4)19(24-3)9-13(15)7-8-22(16)17/h9-10,16H,5-8,11-12H2,1-4H3/t16-/m0/s1. The normalized spacial score (nSPS) is 24.4. The summed E-state index contributed by atoms with van der Waals surface area (Å²) in [5.41, 5.74) is 5.16.